The number of aromatic nitrogens is 3. The zero-order valence-electron chi connectivity index (χ0n) is 14.5. The quantitative estimate of drug-likeness (QED) is 0.612. The van der Waals surface area contributed by atoms with Crippen LogP contribution in [-0.4, -0.2) is 45.7 Å². The van der Waals surface area contributed by atoms with Crippen molar-refractivity contribution >= 4 is 26.0 Å². The highest BCUT2D eigenvalue weighted by Gasteiger charge is 2.35. The summed E-state index contributed by atoms with van der Waals surface area (Å²) in [4.78, 5) is 7.98. The van der Waals surface area contributed by atoms with Crippen LogP contribution >= 0.6 is 26.0 Å². The van der Waals surface area contributed by atoms with E-state index in [1.807, 2.05) is 0 Å². The van der Waals surface area contributed by atoms with Gasteiger partial charge in [-0.2, -0.15) is 13.2 Å². The first-order chi connectivity index (χ1) is 11.5. The molecule has 140 valence electrons. The second-order valence-corrected chi connectivity index (χ2v) is 12.1. The van der Waals surface area contributed by atoms with E-state index in [4.69, 9.17) is 4.74 Å². The Bertz CT molecular complexity index is 741. The summed E-state index contributed by atoms with van der Waals surface area (Å²) in [6.45, 7) is 2.28. The molecule has 0 fully saturated rings. The van der Waals surface area contributed by atoms with Crippen LogP contribution in [0.5, 0.6) is 0 Å². The Balaban J connectivity index is 2.29. The first-order valence-electron chi connectivity index (χ1n) is 7.48. The molecular weight excluding hydrogens is 419 g/mol. The standard InChI is InChI=1S/C16H21BrF3N3OS/c1-11-7-12(17)8-21-14(11)15-22-13(16(18,19)20)9-23(15)10-24-5-6-25(2,3)4/h7-9H,5-6,10H2,1-4H3. The van der Waals surface area contributed by atoms with E-state index in [0.717, 1.165) is 22.0 Å². The molecule has 0 N–H and O–H groups in total. The van der Waals surface area contributed by atoms with E-state index in [2.05, 4.69) is 44.7 Å². The van der Waals surface area contributed by atoms with Crippen molar-refractivity contribution in [2.45, 2.75) is 19.8 Å². The number of hydrogen-bond donors (Lipinski definition) is 0. The lowest BCUT2D eigenvalue weighted by atomic mass is 10.2. The minimum Gasteiger partial charge on any atom is -0.360 e. The molecule has 2 heterocycles. The van der Waals surface area contributed by atoms with Gasteiger partial charge in [0, 0.05) is 22.6 Å². The molecule has 0 spiro atoms. The number of nitrogens with zero attached hydrogens (tertiary/aromatic N) is 3. The van der Waals surface area contributed by atoms with Crippen molar-refractivity contribution in [2.24, 2.45) is 0 Å². The molecule has 0 atom stereocenters. The third kappa shape index (κ3) is 5.72. The Labute approximate surface area is 155 Å². The van der Waals surface area contributed by atoms with Crippen molar-refractivity contribution in [3.63, 3.8) is 0 Å². The second kappa shape index (κ2) is 7.67. The zero-order valence-corrected chi connectivity index (χ0v) is 16.9. The van der Waals surface area contributed by atoms with Crippen LogP contribution in [0.1, 0.15) is 11.3 Å². The molecule has 9 heteroatoms. The molecular formula is C16H21BrF3N3OS. The summed E-state index contributed by atoms with van der Waals surface area (Å²) in [5.74, 6) is 1.04. The van der Waals surface area contributed by atoms with Gasteiger partial charge in [-0.15, -0.1) is 0 Å². The van der Waals surface area contributed by atoms with Crippen molar-refractivity contribution in [1.82, 2.24) is 14.5 Å². The first kappa shape index (κ1) is 20.3. The number of alkyl halides is 3. The largest absolute Gasteiger partial charge is 0.434 e. The van der Waals surface area contributed by atoms with Gasteiger partial charge in [0.1, 0.15) is 12.4 Å². The molecule has 4 nitrogen and oxygen atoms in total. The van der Waals surface area contributed by atoms with Crippen molar-refractivity contribution in [3.8, 4) is 11.5 Å². The highest BCUT2D eigenvalue weighted by atomic mass is 79.9. The average molecular weight is 440 g/mol. The molecule has 0 saturated heterocycles. The van der Waals surface area contributed by atoms with E-state index >= 15 is 0 Å². The lowest BCUT2D eigenvalue weighted by molar-refractivity contribution is -0.141. The molecule has 0 amide bonds. The summed E-state index contributed by atoms with van der Waals surface area (Å²) >= 11 is 3.30. The Kier molecular flexibility index (Phi) is 6.22. The highest BCUT2D eigenvalue weighted by Crippen LogP contribution is 2.34. The molecule has 2 aromatic heterocycles. The van der Waals surface area contributed by atoms with E-state index in [0.29, 0.717) is 12.3 Å². The molecule has 0 aliphatic rings. The van der Waals surface area contributed by atoms with Crippen molar-refractivity contribution in [2.75, 3.05) is 31.1 Å². The fraction of sp³-hybridized carbons (Fsp3) is 0.500. The van der Waals surface area contributed by atoms with Crippen LogP contribution in [0.3, 0.4) is 0 Å². The summed E-state index contributed by atoms with van der Waals surface area (Å²) in [6.07, 6.45) is 4.49. The summed E-state index contributed by atoms with van der Waals surface area (Å²) in [5, 5.41) is 0. The van der Waals surface area contributed by atoms with Gasteiger partial charge in [-0.05, 0) is 53.3 Å². The van der Waals surface area contributed by atoms with Crippen LogP contribution in [0.2, 0.25) is 0 Å². The van der Waals surface area contributed by atoms with Crippen molar-refractivity contribution in [3.05, 3.63) is 34.2 Å². The van der Waals surface area contributed by atoms with Gasteiger partial charge < -0.3 is 9.30 Å². The monoisotopic (exact) mass is 439 g/mol. The number of ether oxygens (including phenoxy) is 1. The predicted molar refractivity (Wildman–Crippen MR) is 99.1 cm³/mol. The highest BCUT2D eigenvalue weighted by molar-refractivity contribution is 9.10. The van der Waals surface area contributed by atoms with Crippen molar-refractivity contribution in [1.29, 1.82) is 0 Å². The maximum Gasteiger partial charge on any atom is 0.434 e. The molecule has 0 aromatic carbocycles. The Morgan fingerprint density at radius 3 is 2.52 bits per heavy atom. The van der Waals surface area contributed by atoms with Crippen LogP contribution in [0, 0.1) is 6.92 Å². The van der Waals surface area contributed by atoms with Gasteiger partial charge >= 0.3 is 6.18 Å². The molecule has 0 saturated carbocycles. The van der Waals surface area contributed by atoms with Gasteiger partial charge in [0.05, 0.1) is 6.61 Å². The fourth-order valence-corrected chi connectivity index (χ4v) is 3.15. The third-order valence-corrected chi connectivity index (χ3v) is 5.22. The van der Waals surface area contributed by atoms with E-state index in [9.17, 15) is 13.2 Å². The maximum absolute atomic E-state index is 13.1. The van der Waals surface area contributed by atoms with E-state index < -0.39 is 21.9 Å². The third-order valence-electron chi connectivity index (χ3n) is 3.39. The van der Waals surface area contributed by atoms with Crippen LogP contribution in [-0.2, 0) is 17.6 Å². The number of hydrogen-bond acceptors (Lipinski definition) is 3. The summed E-state index contributed by atoms with van der Waals surface area (Å²) in [6, 6.07) is 1.79. The van der Waals surface area contributed by atoms with Gasteiger partial charge in [-0.25, -0.2) is 15.0 Å². The van der Waals surface area contributed by atoms with E-state index in [1.165, 1.54) is 4.57 Å². The Morgan fingerprint density at radius 1 is 1.28 bits per heavy atom. The van der Waals surface area contributed by atoms with Gasteiger partial charge in [-0.1, -0.05) is 0 Å². The predicted octanol–water partition coefficient (Wildman–Crippen LogP) is 4.70. The van der Waals surface area contributed by atoms with Gasteiger partial charge in [-0.3, -0.25) is 4.98 Å². The number of pyridine rings is 1. The molecule has 2 rings (SSSR count). The maximum atomic E-state index is 13.1. The molecule has 0 unspecified atom stereocenters. The lowest BCUT2D eigenvalue weighted by Crippen LogP contribution is -2.11. The lowest BCUT2D eigenvalue weighted by Gasteiger charge is -2.24. The van der Waals surface area contributed by atoms with E-state index in [1.54, 1.807) is 19.2 Å². The summed E-state index contributed by atoms with van der Waals surface area (Å²) in [5.41, 5.74) is 0.189. The van der Waals surface area contributed by atoms with Crippen molar-refractivity contribution < 1.29 is 17.9 Å². The Morgan fingerprint density at radius 2 is 1.96 bits per heavy atom. The molecule has 2 aromatic rings. The summed E-state index contributed by atoms with van der Waals surface area (Å²) in [7, 11) is -0.718. The average Bonchev–Trinajstić information content (AvgIpc) is 2.86. The normalized spacial score (nSPS) is 13.3. The SMILES string of the molecule is Cc1cc(Br)cnc1-c1nc(C(F)(F)F)cn1COCCS(C)(C)C. The van der Waals surface area contributed by atoms with Crippen LogP contribution < -0.4 is 0 Å². The van der Waals surface area contributed by atoms with Gasteiger partial charge in [0.2, 0.25) is 0 Å². The molecule has 25 heavy (non-hydrogen) atoms. The number of halogens is 4. The second-order valence-electron chi connectivity index (χ2n) is 6.57. The number of aryl methyl sites for hydroxylation is 1. The van der Waals surface area contributed by atoms with Gasteiger partial charge in [0.25, 0.3) is 0 Å². The molecule has 0 aliphatic carbocycles. The number of imidazole rings is 1. The topological polar surface area (TPSA) is 39.9 Å². The smallest absolute Gasteiger partial charge is 0.360 e. The minimum atomic E-state index is -4.52. The molecule has 0 radical (unpaired) electrons. The van der Waals surface area contributed by atoms with Crippen LogP contribution in [0.4, 0.5) is 13.2 Å². The first-order valence-corrected chi connectivity index (χ1v) is 11.3. The van der Waals surface area contributed by atoms with Crippen LogP contribution in [0.15, 0.2) is 22.9 Å². The van der Waals surface area contributed by atoms with E-state index in [-0.39, 0.29) is 12.6 Å². The number of rotatable bonds is 6. The molecule has 0 bridgehead atoms. The minimum absolute atomic E-state index is 0.00508. The fourth-order valence-electron chi connectivity index (χ4n) is 2.09. The molecule has 0 aliphatic heterocycles. The Hall–Kier alpha value is -1.06. The van der Waals surface area contributed by atoms with Crippen LogP contribution in [0.25, 0.3) is 11.5 Å². The summed E-state index contributed by atoms with van der Waals surface area (Å²) < 4.78 is 46.9. The zero-order chi connectivity index (χ0) is 18.8. The van der Waals surface area contributed by atoms with Gasteiger partial charge in [0.15, 0.2) is 11.5 Å².